The Kier molecular flexibility index (Phi) is 4.49. The first-order valence-corrected chi connectivity index (χ1v) is 8.96. The monoisotopic (exact) mass is 369 g/mol. The first-order chi connectivity index (χ1) is 13.5. The molecule has 0 atom stereocenters. The van der Waals surface area contributed by atoms with Gasteiger partial charge in [-0.15, -0.1) is 5.10 Å². The van der Waals surface area contributed by atoms with Gasteiger partial charge >= 0.3 is 0 Å². The molecule has 0 saturated carbocycles. The van der Waals surface area contributed by atoms with Crippen molar-refractivity contribution in [2.45, 2.75) is 13.8 Å². The zero-order valence-electron chi connectivity index (χ0n) is 15.6. The molecule has 0 fully saturated rings. The molecule has 0 bridgehead atoms. The lowest BCUT2D eigenvalue weighted by Gasteiger charge is -2.06. The number of benzene rings is 3. The standard InChI is InChI=1S/C23H19N3O2/c1-15-13-16(2)23(28)19(14-15)22(27)12-9-17-7-10-18(11-8-17)26-21-6-4-3-5-20(21)24-25-26/h3-14,28H,1-2H3/b12-9+. The van der Waals surface area contributed by atoms with Crippen LogP contribution in [-0.2, 0) is 0 Å². The average Bonchev–Trinajstić information content (AvgIpc) is 3.13. The van der Waals surface area contributed by atoms with E-state index in [1.807, 2.05) is 61.5 Å². The number of carbonyl (C=O) groups is 1. The molecular formula is C23H19N3O2. The van der Waals surface area contributed by atoms with E-state index >= 15 is 0 Å². The summed E-state index contributed by atoms with van der Waals surface area (Å²) in [5.74, 6) is -0.190. The highest BCUT2D eigenvalue weighted by Gasteiger charge is 2.11. The van der Waals surface area contributed by atoms with Gasteiger partial charge in [0.25, 0.3) is 0 Å². The summed E-state index contributed by atoms with van der Waals surface area (Å²) < 4.78 is 1.78. The van der Waals surface area contributed by atoms with E-state index in [4.69, 9.17) is 0 Å². The van der Waals surface area contributed by atoms with Crippen molar-refractivity contribution in [3.63, 3.8) is 0 Å². The third-order valence-corrected chi connectivity index (χ3v) is 4.63. The highest BCUT2D eigenvalue weighted by molar-refractivity contribution is 6.08. The number of aryl methyl sites for hydroxylation is 2. The maximum Gasteiger partial charge on any atom is 0.189 e. The summed E-state index contributed by atoms with van der Waals surface area (Å²) in [4.78, 5) is 12.5. The molecule has 0 spiro atoms. The van der Waals surface area contributed by atoms with E-state index in [9.17, 15) is 9.90 Å². The molecule has 4 aromatic rings. The molecule has 0 unspecified atom stereocenters. The molecular weight excluding hydrogens is 350 g/mol. The summed E-state index contributed by atoms with van der Waals surface area (Å²) in [6, 6.07) is 19.0. The predicted octanol–water partition coefficient (Wildman–Crippen LogP) is 4.64. The molecule has 138 valence electrons. The summed E-state index contributed by atoms with van der Waals surface area (Å²) in [5, 5.41) is 18.5. The predicted molar refractivity (Wildman–Crippen MR) is 110 cm³/mol. The van der Waals surface area contributed by atoms with Crippen molar-refractivity contribution in [2.24, 2.45) is 0 Å². The van der Waals surface area contributed by atoms with Crippen LogP contribution in [0.5, 0.6) is 5.75 Å². The number of aromatic nitrogens is 3. The Bertz CT molecular complexity index is 1200. The molecule has 3 aromatic carbocycles. The number of phenols is 1. The Labute approximate surface area is 162 Å². The fourth-order valence-electron chi connectivity index (χ4n) is 3.20. The van der Waals surface area contributed by atoms with E-state index in [2.05, 4.69) is 10.3 Å². The smallest absolute Gasteiger partial charge is 0.189 e. The van der Waals surface area contributed by atoms with Crippen LogP contribution in [0.15, 0.2) is 66.7 Å². The lowest BCUT2D eigenvalue weighted by molar-refractivity contribution is 0.104. The fraction of sp³-hybridized carbons (Fsp3) is 0.0870. The number of aromatic hydroxyl groups is 1. The van der Waals surface area contributed by atoms with Crippen molar-refractivity contribution in [3.8, 4) is 11.4 Å². The number of hydrogen-bond donors (Lipinski definition) is 1. The van der Waals surface area contributed by atoms with Crippen LogP contribution in [0.2, 0.25) is 0 Å². The largest absolute Gasteiger partial charge is 0.507 e. The molecule has 1 N–H and O–H groups in total. The van der Waals surface area contributed by atoms with Gasteiger partial charge in [0.15, 0.2) is 5.78 Å². The van der Waals surface area contributed by atoms with Crippen molar-refractivity contribution in [3.05, 3.63) is 89.0 Å². The third kappa shape index (κ3) is 3.30. The summed E-state index contributed by atoms with van der Waals surface area (Å²) in [6.07, 6.45) is 3.22. The minimum atomic E-state index is -0.226. The molecule has 4 rings (SSSR count). The van der Waals surface area contributed by atoms with E-state index in [1.165, 1.54) is 6.08 Å². The van der Waals surface area contributed by atoms with E-state index in [0.29, 0.717) is 11.1 Å². The number of allylic oxidation sites excluding steroid dienone is 1. The highest BCUT2D eigenvalue weighted by atomic mass is 16.3. The Hall–Kier alpha value is -3.73. The summed E-state index contributed by atoms with van der Waals surface area (Å²) >= 11 is 0. The van der Waals surface area contributed by atoms with Crippen LogP contribution in [0, 0.1) is 13.8 Å². The van der Waals surface area contributed by atoms with Gasteiger partial charge in [-0.2, -0.15) is 0 Å². The van der Waals surface area contributed by atoms with Crippen LogP contribution in [-0.4, -0.2) is 25.9 Å². The number of fused-ring (bicyclic) bond motifs is 1. The molecule has 5 heteroatoms. The quantitative estimate of drug-likeness (QED) is 0.420. The van der Waals surface area contributed by atoms with E-state index < -0.39 is 0 Å². The van der Waals surface area contributed by atoms with Gasteiger partial charge in [0, 0.05) is 0 Å². The van der Waals surface area contributed by atoms with Gasteiger partial charge in [-0.05, 0) is 66.9 Å². The minimum Gasteiger partial charge on any atom is -0.507 e. The van der Waals surface area contributed by atoms with Gasteiger partial charge < -0.3 is 5.11 Å². The number of hydrogen-bond acceptors (Lipinski definition) is 4. The molecule has 0 saturated heterocycles. The molecule has 0 aliphatic heterocycles. The normalized spacial score (nSPS) is 11.4. The molecule has 0 radical (unpaired) electrons. The number of rotatable bonds is 4. The first-order valence-electron chi connectivity index (χ1n) is 8.96. The summed E-state index contributed by atoms with van der Waals surface area (Å²) in [6.45, 7) is 3.69. The second kappa shape index (κ2) is 7.12. The highest BCUT2D eigenvalue weighted by Crippen LogP contribution is 2.25. The van der Waals surface area contributed by atoms with Crippen LogP contribution in [0.1, 0.15) is 27.0 Å². The molecule has 5 nitrogen and oxygen atoms in total. The van der Waals surface area contributed by atoms with Gasteiger partial charge in [0.1, 0.15) is 11.3 Å². The van der Waals surface area contributed by atoms with Crippen molar-refractivity contribution >= 4 is 22.9 Å². The van der Waals surface area contributed by atoms with Crippen LogP contribution in [0.25, 0.3) is 22.8 Å². The summed E-state index contributed by atoms with van der Waals surface area (Å²) in [5.41, 5.74) is 5.50. The average molecular weight is 369 g/mol. The van der Waals surface area contributed by atoms with E-state index in [0.717, 1.165) is 27.8 Å². The minimum absolute atomic E-state index is 0.0358. The van der Waals surface area contributed by atoms with Crippen LogP contribution >= 0.6 is 0 Å². The topological polar surface area (TPSA) is 68.0 Å². The number of nitrogens with zero attached hydrogens (tertiary/aromatic N) is 3. The Balaban J connectivity index is 1.57. The fourth-order valence-corrected chi connectivity index (χ4v) is 3.20. The maximum atomic E-state index is 12.5. The molecule has 0 aliphatic rings. The molecule has 1 heterocycles. The second-order valence-electron chi connectivity index (χ2n) is 6.76. The number of phenolic OH excluding ortho intramolecular Hbond substituents is 1. The van der Waals surface area contributed by atoms with E-state index in [-0.39, 0.29) is 11.5 Å². The van der Waals surface area contributed by atoms with Gasteiger partial charge in [-0.3, -0.25) is 4.79 Å². The van der Waals surface area contributed by atoms with Gasteiger partial charge in [0.05, 0.1) is 16.8 Å². The van der Waals surface area contributed by atoms with Crippen LogP contribution < -0.4 is 0 Å². The Morgan fingerprint density at radius 3 is 2.57 bits per heavy atom. The number of ketones is 1. The number of carbonyl (C=O) groups excluding carboxylic acids is 1. The number of para-hydroxylation sites is 1. The van der Waals surface area contributed by atoms with Gasteiger partial charge in [-0.1, -0.05) is 41.6 Å². The first kappa shape index (κ1) is 17.7. The maximum absolute atomic E-state index is 12.5. The van der Waals surface area contributed by atoms with Gasteiger partial charge in [0.2, 0.25) is 0 Å². The molecule has 0 aliphatic carbocycles. The zero-order valence-corrected chi connectivity index (χ0v) is 15.6. The van der Waals surface area contributed by atoms with Crippen LogP contribution in [0.4, 0.5) is 0 Å². The third-order valence-electron chi connectivity index (χ3n) is 4.63. The molecule has 28 heavy (non-hydrogen) atoms. The van der Waals surface area contributed by atoms with E-state index in [1.54, 1.807) is 23.7 Å². The van der Waals surface area contributed by atoms with Gasteiger partial charge in [-0.25, -0.2) is 4.68 Å². The molecule has 0 amide bonds. The van der Waals surface area contributed by atoms with Crippen molar-refractivity contribution < 1.29 is 9.90 Å². The zero-order chi connectivity index (χ0) is 19.7. The SMILES string of the molecule is Cc1cc(C)c(O)c(C(=O)/C=C/c2ccc(-n3nnc4ccccc43)cc2)c1. The Morgan fingerprint density at radius 2 is 1.79 bits per heavy atom. The summed E-state index contributed by atoms with van der Waals surface area (Å²) in [7, 11) is 0. The lowest BCUT2D eigenvalue weighted by atomic mass is 10.0. The van der Waals surface area contributed by atoms with Crippen molar-refractivity contribution in [1.29, 1.82) is 0 Å². The van der Waals surface area contributed by atoms with Crippen LogP contribution in [0.3, 0.4) is 0 Å². The van der Waals surface area contributed by atoms with Crippen molar-refractivity contribution in [2.75, 3.05) is 0 Å². The molecule has 1 aromatic heterocycles. The second-order valence-corrected chi connectivity index (χ2v) is 6.76. The lowest BCUT2D eigenvalue weighted by Crippen LogP contribution is -1.98. The Morgan fingerprint density at radius 1 is 1.04 bits per heavy atom. The van der Waals surface area contributed by atoms with Crippen molar-refractivity contribution in [1.82, 2.24) is 15.0 Å².